The number of rotatable bonds is 12. The molecule has 0 amide bonds. The van der Waals surface area contributed by atoms with Crippen LogP contribution in [0.3, 0.4) is 0 Å². The van der Waals surface area contributed by atoms with Gasteiger partial charge < -0.3 is 26.2 Å². The molecule has 1 aromatic heterocycles. The van der Waals surface area contributed by atoms with Gasteiger partial charge in [0.2, 0.25) is 5.89 Å². The Morgan fingerprint density at radius 1 is 1.40 bits per heavy atom. The number of nitrogens with two attached hydrogens (primary N) is 2. The second-order valence-electron chi connectivity index (χ2n) is 5.44. The van der Waals surface area contributed by atoms with Gasteiger partial charge in [-0.2, -0.15) is 22.8 Å². The monoisotopic (exact) mass is 380 g/mol. The molecule has 3 atom stereocenters. The lowest BCUT2D eigenvalue weighted by atomic mass is 10.1. The van der Waals surface area contributed by atoms with Crippen molar-refractivity contribution in [3.63, 3.8) is 0 Å². The fourth-order valence-corrected chi connectivity index (χ4v) is 2.88. The smallest absolute Gasteiger partial charge is 0.324 e. The first-order valence-electron chi connectivity index (χ1n) is 7.62. The summed E-state index contributed by atoms with van der Waals surface area (Å²) in [5.74, 6) is -1.30. The molecule has 0 radical (unpaired) electrons. The summed E-state index contributed by atoms with van der Waals surface area (Å²) in [4.78, 5) is 14.9. The van der Waals surface area contributed by atoms with Crippen molar-refractivity contribution < 1.29 is 27.9 Å². The number of carboxylic acids is 1. The number of unbranched alkanes of at least 4 members (excludes halogenated alkanes) is 1. The Balaban J connectivity index is 2.58. The van der Waals surface area contributed by atoms with Gasteiger partial charge in [0.05, 0.1) is 18.7 Å². The first kappa shape index (κ1) is 21.4. The molecule has 0 bridgehead atoms. The molecule has 1 heterocycles. The fourth-order valence-electron chi connectivity index (χ4n) is 1.85. The van der Waals surface area contributed by atoms with E-state index < -0.39 is 34.4 Å². The van der Waals surface area contributed by atoms with Crippen molar-refractivity contribution in [1.29, 1.82) is 0 Å². The Morgan fingerprint density at radius 3 is 2.64 bits per heavy atom. The molecule has 0 aliphatic heterocycles. The topological polar surface area (TPSA) is 207 Å². The van der Waals surface area contributed by atoms with Crippen molar-refractivity contribution in [3.05, 3.63) is 11.7 Å². The molecule has 12 nitrogen and oxygen atoms in total. The van der Waals surface area contributed by atoms with Crippen LogP contribution in [-0.4, -0.2) is 53.4 Å². The molecule has 0 spiro atoms. The van der Waals surface area contributed by atoms with E-state index in [4.69, 9.17) is 21.1 Å². The van der Waals surface area contributed by atoms with E-state index in [0.717, 1.165) is 19.8 Å². The highest BCUT2D eigenvalue weighted by Crippen LogP contribution is 2.13. The second kappa shape index (κ2) is 9.74. The van der Waals surface area contributed by atoms with E-state index in [9.17, 15) is 18.3 Å². The summed E-state index contributed by atoms with van der Waals surface area (Å²) in [6, 6.07) is -2.14. The first-order chi connectivity index (χ1) is 11.7. The third-order valence-electron chi connectivity index (χ3n) is 3.23. The number of hydrogen-bond donors (Lipinski definition) is 6. The molecule has 0 fully saturated rings. The van der Waals surface area contributed by atoms with E-state index in [1.807, 2.05) is 4.72 Å². The van der Waals surface area contributed by atoms with Crippen molar-refractivity contribution in [3.8, 4) is 0 Å². The highest BCUT2D eigenvalue weighted by molar-refractivity contribution is 7.87. The van der Waals surface area contributed by atoms with Crippen LogP contribution in [0.15, 0.2) is 4.52 Å². The van der Waals surface area contributed by atoms with E-state index >= 15 is 0 Å². The maximum Gasteiger partial charge on any atom is 0.324 e. The molecule has 0 aliphatic carbocycles. The Kier molecular flexibility index (Phi) is 8.34. The van der Waals surface area contributed by atoms with Crippen molar-refractivity contribution in [2.45, 2.75) is 50.9 Å². The van der Waals surface area contributed by atoms with Crippen molar-refractivity contribution in [1.82, 2.24) is 19.6 Å². The predicted molar refractivity (Wildman–Crippen MR) is 86.1 cm³/mol. The lowest BCUT2D eigenvalue weighted by Gasteiger charge is -2.16. The van der Waals surface area contributed by atoms with Crippen LogP contribution in [0.5, 0.6) is 0 Å². The third-order valence-corrected chi connectivity index (χ3v) is 4.32. The number of aromatic nitrogens is 2. The zero-order chi connectivity index (χ0) is 19.0. The van der Waals surface area contributed by atoms with Crippen LogP contribution in [0.2, 0.25) is 0 Å². The Bertz CT molecular complexity index is 648. The average Bonchev–Trinajstić information content (AvgIpc) is 2.99. The van der Waals surface area contributed by atoms with Crippen LogP contribution >= 0.6 is 0 Å². The Morgan fingerprint density at radius 2 is 2.08 bits per heavy atom. The van der Waals surface area contributed by atoms with Gasteiger partial charge in [-0.05, 0) is 26.3 Å². The van der Waals surface area contributed by atoms with Crippen LogP contribution in [0.4, 0.5) is 0 Å². The SMILES string of the molecule is CC(O)C(NS(=O)(=O)NCc1nc(C(N)CCCCN)no1)C(=O)O. The van der Waals surface area contributed by atoms with Gasteiger partial charge in [-0.3, -0.25) is 4.79 Å². The first-order valence-corrected chi connectivity index (χ1v) is 9.10. The minimum Gasteiger partial charge on any atom is -0.480 e. The number of carbonyl (C=O) groups is 1. The van der Waals surface area contributed by atoms with Crippen molar-refractivity contribution in [2.24, 2.45) is 11.5 Å². The Hall–Kier alpha value is -1.64. The molecule has 3 unspecified atom stereocenters. The van der Waals surface area contributed by atoms with Gasteiger partial charge in [0, 0.05) is 0 Å². The van der Waals surface area contributed by atoms with Gasteiger partial charge in [-0.15, -0.1) is 0 Å². The number of aliphatic hydroxyl groups excluding tert-OH is 1. The lowest BCUT2D eigenvalue weighted by Crippen LogP contribution is -2.51. The minimum atomic E-state index is -4.21. The zero-order valence-electron chi connectivity index (χ0n) is 13.8. The summed E-state index contributed by atoms with van der Waals surface area (Å²) in [6.07, 6.45) is 0.805. The van der Waals surface area contributed by atoms with E-state index in [1.54, 1.807) is 0 Å². The molecule has 0 aromatic carbocycles. The normalized spacial score (nSPS) is 15.7. The van der Waals surface area contributed by atoms with Crippen LogP contribution < -0.4 is 20.9 Å². The average molecular weight is 380 g/mol. The highest BCUT2D eigenvalue weighted by atomic mass is 32.2. The lowest BCUT2D eigenvalue weighted by molar-refractivity contribution is -0.141. The maximum atomic E-state index is 11.8. The van der Waals surface area contributed by atoms with Gasteiger partial charge in [0.1, 0.15) is 6.04 Å². The van der Waals surface area contributed by atoms with Gasteiger partial charge >= 0.3 is 5.97 Å². The number of aliphatic carboxylic acids is 1. The van der Waals surface area contributed by atoms with Crippen LogP contribution in [0.25, 0.3) is 0 Å². The molecule has 144 valence electrons. The van der Waals surface area contributed by atoms with E-state index in [1.165, 1.54) is 0 Å². The third kappa shape index (κ3) is 7.41. The van der Waals surface area contributed by atoms with Gasteiger partial charge in [-0.1, -0.05) is 11.6 Å². The Labute approximate surface area is 145 Å². The standard InChI is InChI=1S/C12H24N6O6S/c1-7(19)10(12(20)21)18-25(22,23)15-6-9-16-11(17-24-9)8(14)4-2-3-5-13/h7-8,10,15,18-19H,2-6,13-14H2,1H3,(H,20,21). The van der Waals surface area contributed by atoms with Crippen molar-refractivity contribution in [2.75, 3.05) is 6.54 Å². The van der Waals surface area contributed by atoms with Gasteiger partial charge in [0.15, 0.2) is 5.82 Å². The number of nitrogens with zero attached hydrogens (tertiary/aromatic N) is 2. The largest absolute Gasteiger partial charge is 0.480 e. The van der Waals surface area contributed by atoms with Crippen LogP contribution in [0.1, 0.15) is 43.9 Å². The summed E-state index contributed by atoms with van der Waals surface area (Å²) in [5.41, 5.74) is 11.3. The zero-order valence-corrected chi connectivity index (χ0v) is 14.6. The number of hydrogen-bond acceptors (Lipinski definition) is 9. The quantitative estimate of drug-likeness (QED) is 0.219. The second-order valence-corrected chi connectivity index (χ2v) is 6.97. The predicted octanol–water partition coefficient (Wildman–Crippen LogP) is -2.04. The van der Waals surface area contributed by atoms with Crippen LogP contribution in [0, 0.1) is 0 Å². The van der Waals surface area contributed by atoms with E-state index in [0.29, 0.717) is 13.0 Å². The molecular weight excluding hydrogens is 356 g/mol. The molecule has 0 saturated heterocycles. The van der Waals surface area contributed by atoms with Gasteiger partial charge in [-0.25, -0.2) is 0 Å². The molecule has 8 N–H and O–H groups in total. The molecule has 0 saturated carbocycles. The molecule has 1 aromatic rings. The minimum absolute atomic E-state index is 0.0291. The summed E-state index contributed by atoms with van der Waals surface area (Å²) >= 11 is 0. The summed E-state index contributed by atoms with van der Waals surface area (Å²) in [5, 5.41) is 21.8. The summed E-state index contributed by atoms with van der Waals surface area (Å²) < 4.78 is 32.4. The van der Waals surface area contributed by atoms with E-state index in [-0.39, 0.29) is 18.3 Å². The number of nitrogens with one attached hydrogen (secondary N) is 2. The highest BCUT2D eigenvalue weighted by Gasteiger charge is 2.28. The molecule has 25 heavy (non-hydrogen) atoms. The van der Waals surface area contributed by atoms with E-state index in [2.05, 4.69) is 14.9 Å². The molecular formula is C12H24N6O6S. The van der Waals surface area contributed by atoms with Crippen molar-refractivity contribution >= 4 is 16.2 Å². The number of aliphatic hydroxyl groups is 1. The molecule has 13 heteroatoms. The maximum absolute atomic E-state index is 11.8. The molecule has 0 aliphatic rings. The van der Waals surface area contributed by atoms with Crippen LogP contribution in [-0.2, 0) is 21.5 Å². The summed E-state index contributed by atoms with van der Waals surface area (Å²) in [6.45, 7) is 1.35. The fraction of sp³-hybridized carbons (Fsp3) is 0.750. The number of carboxylic acid groups (broad SMARTS) is 1. The molecule has 1 rings (SSSR count). The van der Waals surface area contributed by atoms with Gasteiger partial charge in [0.25, 0.3) is 10.2 Å². The summed E-state index contributed by atoms with van der Waals surface area (Å²) in [7, 11) is -4.21.